The number of ketones is 1. The summed E-state index contributed by atoms with van der Waals surface area (Å²) in [7, 11) is 0. The Balaban J connectivity index is 1.92. The summed E-state index contributed by atoms with van der Waals surface area (Å²) in [6, 6.07) is 9.88. The lowest BCUT2D eigenvalue weighted by atomic mass is 9.95. The highest BCUT2D eigenvalue weighted by atomic mass is 79.9. The molecule has 0 aliphatic heterocycles. The third-order valence-electron chi connectivity index (χ3n) is 3.71. The van der Waals surface area contributed by atoms with Gasteiger partial charge in [-0.2, -0.15) is 0 Å². The maximum Gasteiger partial charge on any atom is 0.166 e. The molecule has 0 radical (unpaired) electrons. The Morgan fingerprint density at radius 2 is 1.90 bits per heavy atom. The first kappa shape index (κ1) is 13.4. The molecule has 0 N–H and O–H groups in total. The van der Waals surface area contributed by atoms with Crippen LogP contribution in [0.4, 0.5) is 8.78 Å². The highest BCUT2D eigenvalue weighted by molar-refractivity contribution is 9.10. The van der Waals surface area contributed by atoms with Crippen molar-refractivity contribution in [1.82, 2.24) is 0 Å². The summed E-state index contributed by atoms with van der Waals surface area (Å²) in [6.07, 6.45) is 0.630. The molecule has 2 aromatic carbocycles. The van der Waals surface area contributed by atoms with Gasteiger partial charge in [0.1, 0.15) is 11.6 Å². The first-order chi connectivity index (χ1) is 9.58. The molecule has 0 spiro atoms. The van der Waals surface area contributed by atoms with E-state index in [4.69, 9.17) is 0 Å². The molecule has 0 bridgehead atoms. The molecule has 1 aliphatic carbocycles. The molecule has 3 rings (SSSR count). The summed E-state index contributed by atoms with van der Waals surface area (Å²) in [5, 5.41) is 0. The second-order valence-electron chi connectivity index (χ2n) is 4.95. The topological polar surface area (TPSA) is 17.1 Å². The zero-order valence-electron chi connectivity index (χ0n) is 10.5. The third-order valence-corrected chi connectivity index (χ3v) is 4.32. The lowest BCUT2D eigenvalue weighted by Gasteiger charge is -2.11. The number of hydrogen-bond acceptors (Lipinski definition) is 1. The van der Waals surface area contributed by atoms with Gasteiger partial charge in [-0.1, -0.05) is 24.3 Å². The van der Waals surface area contributed by atoms with Gasteiger partial charge >= 0.3 is 0 Å². The number of fused-ring (bicyclic) bond motifs is 1. The van der Waals surface area contributed by atoms with Gasteiger partial charge in [0.05, 0.1) is 4.47 Å². The van der Waals surface area contributed by atoms with Crippen molar-refractivity contribution in [2.75, 3.05) is 0 Å². The van der Waals surface area contributed by atoms with Gasteiger partial charge in [0.25, 0.3) is 0 Å². The van der Waals surface area contributed by atoms with Gasteiger partial charge in [-0.15, -0.1) is 0 Å². The van der Waals surface area contributed by atoms with Crippen LogP contribution in [0, 0.1) is 17.6 Å². The van der Waals surface area contributed by atoms with Crippen LogP contribution in [-0.4, -0.2) is 5.78 Å². The Morgan fingerprint density at radius 3 is 2.65 bits per heavy atom. The third kappa shape index (κ3) is 2.18. The monoisotopic (exact) mass is 336 g/mol. The molecule has 1 nitrogen and oxygen atoms in total. The fourth-order valence-electron chi connectivity index (χ4n) is 2.68. The molecule has 20 heavy (non-hydrogen) atoms. The summed E-state index contributed by atoms with van der Waals surface area (Å²) in [4.78, 5) is 12.3. The van der Waals surface area contributed by atoms with E-state index >= 15 is 0 Å². The van der Waals surface area contributed by atoms with Crippen molar-refractivity contribution < 1.29 is 13.6 Å². The fourth-order valence-corrected chi connectivity index (χ4v) is 3.06. The van der Waals surface area contributed by atoms with Gasteiger partial charge in [0, 0.05) is 17.0 Å². The van der Waals surface area contributed by atoms with Crippen LogP contribution in [0.2, 0.25) is 0 Å². The van der Waals surface area contributed by atoms with Gasteiger partial charge in [-0.05, 0) is 46.5 Å². The second kappa shape index (κ2) is 5.09. The summed E-state index contributed by atoms with van der Waals surface area (Å²) in [5.41, 5.74) is 1.61. The van der Waals surface area contributed by atoms with Crippen molar-refractivity contribution in [3.63, 3.8) is 0 Å². The molecule has 0 fully saturated rings. The molecule has 0 aromatic heterocycles. The minimum atomic E-state index is -0.617. The number of carbonyl (C=O) groups excluding carboxylic acids is 1. The Bertz CT molecular complexity index is 697. The lowest BCUT2D eigenvalue weighted by Crippen LogP contribution is -2.14. The van der Waals surface area contributed by atoms with Crippen LogP contribution in [0.3, 0.4) is 0 Å². The van der Waals surface area contributed by atoms with E-state index in [2.05, 4.69) is 15.9 Å². The average Bonchev–Trinajstić information content (AvgIpc) is 2.76. The van der Waals surface area contributed by atoms with Crippen LogP contribution in [0.5, 0.6) is 0 Å². The molecule has 1 atom stereocenters. The SMILES string of the molecule is O=C1c2ccccc2CC1Cc1c(F)ccc(Br)c1F. The first-order valence-electron chi connectivity index (χ1n) is 6.32. The Hall–Kier alpha value is -1.55. The number of rotatable bonds is 2. The molecule has 0 heterocycles. The molecule has 4 heteroatoms. The van der Waals surface area contributed by atoms with Gasteiger partial charge in [0.15, 0.2) is 5.78 Å². The first-order valence-corrected chi connectivity index (χ1v) is 7.11. The number of hydrogen-bond donors (Lipinski definition) is 0. The van der Waals surface area contributed by atoms with Crippen LogP contribution in [0.1, 0.15) is 21.5 Å². The predicted octanol–water partition coefficient (Wildman–Crippen LogP) is 4.33. The molecule has 0 amide bonds. The van der Waals surface area contributed by atoms with E-state index in [1.807, 2.05) is 12.1 Å². The summed E-state index contributed by atoms with van der Waals surface area (Å²) in [5.74, 6) is -1.63. The molecular weight excluding hydrogens is 326 g/mol. The zero-order valence-corrected chi connectivity index (χ0v) is 12.1. The molecule has 102 valence electrons. The molecule has 2 aromatic rings. The van der Waals surface area contributed by atoms with Crippen LogP contribution in [0.15, 0.2) is 40.9 Å². The van der Waals surface area contributed by atoms with E-state index in [-0.39, 0.29) is 28.2 Å². The quantitative estimate of drug-likeness (QED) is 0.746. The molecule has 1 aliphatic rings. The van der Waals surface area contributed by atoms with Crippen LogP contribution < -0.4 is 0 Å². The maximum atomic E-state index is 14.0. The Morgan fingerprint density at radius 1 is 1.15 bits per heavy atom. The molecule has 1 unspecified atom stereocenters. The summed E-state index contributed by atoms with van der Waals surface area (Å²) in [6.45, 7) is 0. The number of halogens is 3. The summed E-state index contributed by atoms with van der Waals surface area (Å²) < 4.78 is 28.0. The van der Waals surface area contributed by atoms with Crippen molar-refractivity contribution in [1.29, 1.82) is 0 Å². The van der Waals surface area contributed by atoms with Gasteiger partial charge in [-0.3, -0.25) is 4.79 Å². The van der Waals surface area contributed by atoms with Crippen molar-refractivity contribution >= 4 is 21.7 Å². The summed E-state index contributed by atoms with van der Waals surface area (Å²) >= 11 is 3.05. The zero-order chi connectivity index (χ0) is 14.3. The number of carbonyl (C=O) groups is 1. The minimum absolute atomic E-state index is 0.0227. The molecule has 0 saturated heterocycles. The minimum Gasteiger partial charge on any atom is -0.294 e. The van der Waals surface area contributed by atoms with E-state index in [1.54, 1.807) is 12.1 Å². The van der Waals surface area contributed by atoms with E-state index in [0.29, 0.717) is 12.0 Å². The predicted molar refractivity (Wildman–Crippen MR) is 75.7 cm³/mol. The highest BCUT2D eigenvalue weighted by Gasteiger charge is 2.31. The van der Waals surface area contributed by atoms with Crippen molar-refractivity contribution in [3.8, 4) is 0 Å². The van der Waals surface area contributed by atoms with Crippen LogP contribution in [0.25, 0.3) is 0 Å². The van der Waals surface area contributed by atoms with Crippen LogP contribution >= 0.6 is 15.9 Å². The molecule has 0 saturated carbocycles. The number of benzene rings is 2. The van der Waals surface area contributed by atoms with E-state index in [0.717, 1.165) is 5.56 Å². The number of Topliss-reactive ketones (excluding diaryl/α,β-unsaturated/α-hetero) is 1. The lowest BCUT2D eigenvalue weighted by molar-refractivity contribution is 0.0935. The largest absolute Gasteiger partial charge is 0.294 e. The smallest absolute Gasteiger partial charge is 0.166 e. The molecular formula is C16H11BrF2O. The maximum absolute atomic E-state index is 14.0. The van der Waals surface area contributed by atoms with E-state index in [9.17, 15) is 13.6 Å². The fraction of sp³-hybridized carbons (Fsp3) is 0.188. The van der Waals surface area contributed by atoms with Crippen LogP contribution in [-0.2, 0) is 12.8 Å². The van der Waals surface area contributed by atoms with Gasteiger partial charge in [0.2, 0.25) is 0 Å². The standard InChI is InChI=1S/C16H11BrF2O/c17-13-5-6-14(18)12(15(13)19)8-10-7-9-3-1-2-4-11(9)16(10)20/h1-6,10H,7-8H2. The average molecular weight is 337 g/mol. The van der Waals surface area contributed by atoms with Gasteiger partial charge in [-0.25, -0.2) is 8.78 Å². The Kier molecular flexibility index (Phi) is 3.42. The normalized spacial score (nSPS) is 17.4. The van der Waals surface area contributed by atoms with E-state index in [1.165, 1.54) is 12.1 Å². The van der Waals surface area contributed by atoms with Gasteiger partial charge < -0.3 is 0 Å². The Labute approximate surface area is 123 Å². The van der Waals surface area contributed by atoms with Crippen molar-refractivity contribution in [3.05, 3.63) is 69.2 Å². The van der Waals surface area contributed by atoms with E-state index < -0.39 is 11.6 Å². The second-order valence-corrected chi connectivity index (χ2v) is 5.80. The van der Waals surface area contributed by atoms with Crippen molar-refractivity contribution in [2.24, 2.45) is 5.92 Å². The highest BCUT2D eigenvalue weighted by Crippen LogP contribution is 2.31. The van der Waals surface area contributed by atoms with Crippen molar-refractivity contribution in [2.45, 2.75) is 12.8 Å².